The fourth-order valence-electron chi connectivity index (χ4n) is 2.29. The maximum atomic E-state index is 12.3. The molecule has 1 N–H and O–H groups in total. The van der Waals surface area contributed by atoms with E-state index < -0.39 is 16.8 Å². The lowest BCUT2D eigenvalue weighted by Crippen LogP contribution is -2.14. The van der Waals surface area contributed by atoms with Gasteiger partial charge in [-0.25, -0.2) is 4.79 Å². The van der Waals surface area contributed by atoms with E-state index in [0.717, 1.165) is 0 Å². The summed E-state index contributed by atoms with van der Waals surface area (Å²) in [6, 6.07) is 9.07. The SMILES string of the molecule is CCOC(=O)c1ccc(NC(=O)c2ccc(C)c([N+](=O)[O-])c2)c(C)c1. The van der Waals surface area contributed by atoms with E-state index in [9.17, 15) is 19.7 Å². The summed E-state index contributed by atoms with van der Waals surface area (Å²) in [6.07, 6.45) is 0. The normalized spacial score (nSPS) is 10.2. The fourth-order valence-corrected chi connectivity index (χ4v) is 2.29. The number of carbonyl (C=O) groups is 2. The van der Waals surface area contributed by atoms with Gasteiger partial charge in [0.2, 0.25) is 0 Å². The third-order valence-electron chi connectivity index (χ3n) is 3.65. The molecule has 0 heterocycles. The Morgan fingerprint density at radius 2 is 1.76 bits per heavy atom. The molecule has 2 aromatic rings. The number of carbonyl (C=O) groups excluding carboxylic acids is 2. The number of nitrogens with zero attached hydrogens (tertiary/aromatic N) is 1. The highest BCUT2D eigenvalue weighted by molar-refractivity contribution is 6.05. The second-order valence-electron chi connectivity index (χ2n) is 5.46. The summed E-state index contributed by atoms with van der Waals surface area (Å²) in [5, 5.41) is 13.7. The Kier molecular flexibility index (Phi) is 5.49. The van der Waals surface area contributed by atoms with E-state index in [1.54, 1.807) is 39.0 Å². The quantitative estimate of drug-likeness (QED) is 0.508. The molecule has 1 amide bonds. The van der Waals surface area contributed by atoms with Crippen LogP contribution in [0.15, 0.2) is 36.4 Å². The van der Waals surface area contributed by atoms with Gasteiger partial charge in [-0.3, -0.25) is 14.9 Å². The molecule has 0 aromatic heterocycles. The first-order valence-corrected chi connectivity index (χ1v) is 7.67. The van der Waals surface area contributed by atoms with Gasteiger partial charge < -0.3 is 10.1 Å². The molecule has 0 saturated carbocycles. The number of aryl methyl sites for hydroxylation is 2. The minimum absolute atomic E-state index is 0.109. The van der Waals surface area contributed by atoms with Crippen LogP contribution in [0.2, 0.25) is 0 Å². The van der Waals surface area contributed by atoms with Gasteiger partial charge in [-0.2, -0.15) is 0 Å². The highest BCUT2D eigenvalue weighted by Crippen LogP contribution is 2.22. The van der Waals surface area contributed by atoms with E-state index in [2.05, 4.69) is 5.32 Å². The van der Waals surface area contributed by atoms with E-state index in [4.69, 9.17) is 4.74 Å². The van der Waals surface area contributed by atoms with Gasteiger partial charge in [0.15, 0.2) is 0 Å². The van der Waals surface area contributed by atoms with Crippen LogP contribution >= 0.6 is 0 Å². The summed E-state index contributed by atoms with van der Waals surface area (Å²) in [5.41, 5.74) is 2.15. The van der Waals surface area contributed by atoms with Crippen molar-refractivity contribution in [2.45, 2.75) is 20.8 Å². The first kappa shape index (κ1) is 18.1. The van der Waals surface area contributed by atoms with Crippen LogP contribution < -0.4 is 5.32 Å². The Labute approximate surface area is 144 Å². The van der Waals surface area contributed by atoms with Crippen LogP contribution in [0, 0.1) is 24.0 Å². The average Bonchev–Trinajstić information content (AvgIpc) is 2.56. The predicted octanol–water partition coefficient (Wildman–Crippen LogP) is 3.64. The monoisotopic (exact) mass is 342 g/mol. The Bertz CT molecular complexity index is 845. The zero-order valence-electron chi connectivity index (χ0n) is 14.2. The summed E-state index contributed by atoms with van der Waals surface area (Å²) >= 11 is 0. The standard InChI is InChI=1S/C18H18N2O5/c1-4-25-18(22)14-7-8-15(12(3)9-14)19-17(21)13-6-5-11(2)16(10-13)20(23)24/h5-10H,4H2,1-3H3,(H,19,21). The predicted molar refractivity (Wildman–Crippen MR) is 92.9 cm³/mol. The molecule has 7 heteroatoms. The Hall–Kier alpha value is -3.22. The van der Waals surface area contributed by atoms with E-state index in [-0.39, 0.29) is 17.9 Å². The number of esters is 1. The van der Waals surface area contributed by atoms with E-state index in [1.165, 1.54) is 18.2 Å². The van der Waals surface area contributed by atoms with Gasteiger partial charge in [0.25, 0.3) is 11.6 Å². The van der Waals surface area contributed by atoms with Crippen LogP contribution in [0.5, 0.6) is 0 Å². The van der Waals surface area contributed by atoms with Crippen molar-refractivity contribution < 1.29 is 19.2 Å². The number of hydrogen-bond acceptors (Lipinski definition) is 5. The first-order valence-electron chi connectivity index (χ1n) is 7.67. The molecule has 2 rings (SSSR count). The molecule has 0 bridgehead atoms. The summed E-state index contributed by atoms with van der Waals surface area (Å²) < 4.78 is 4.93. The lowest BCUT2D eigenvalue weighted by molar-refractivity contribution is -0.385. The number of ether oxygens (including phenoxy) is 1. The molecule has 130 valence electrons. The Morgan fingerprint density at radius 1 is 1.08 bits per heavy atom. The lowest BCUT2D eigenvalue weighted by Gasteiger charge is -2.10. The summed E-state index contributed by atoms with van der Waals surface area (Å²) in [5.74, 6) is -0.896. The van der Waals surface area contributed by atoms with Crippen LogP contribution in [-0.2, 0) is 4.74 Å². The smallest absolute Gasteiger partial charge is 0.338 e. The van der Waals surface area contributed by atoms with Crippen molar-refractivity contribution in [2.75, 3.05) is 11.9 Å². The topological polar surface area (TPSA) is 98.5 Å². The minimum Gasteiger partial charge on any atom is -0.462 e. The van der Waals surface area contributed by atoms with Gasteiger partial charge in [0, 0.05) is 22.9 Å². The van der Waals surface area contributed by atoms with Gasteiger partial charge in [-0.15, -0.1) is 0 Å². The van der Waals surface area contributed by atoms with Gasteiger partial charge in [0.05, 0.1) is 17.1 Å². The zero-order valence-corrected chi connectivity index (χ0v) is 14.2. The van der Waals surface area contributed by atoms with Crippen molar-refractivity contribution in [3.63, 3.8) is 0 Å². The van der Waals surface area contributed by atoms with Gasteiger partial charge in [0.1, 0.15) is 0 Å². The largest absolute Gasteiger partial charge is 0.462 e. The Balaban J connectivity index is 2.22. The van der Waals surface area contributed by atoms with E-state index in [1.807, 2.05) is 0 Å². The van der Waals surface area contributed by atoms with Gasteiger partial charge in [-0.05, 0) is 50.6 Å². The van der Waals surface area contributed by atoms with Crippen molar-refractivity contribution >= 4 is 23.3 Å². The minimum atomic E-state index is -0.522. The summed E-state index contributed by atoms with van der Waals surface area (Å²) in [6.45, 7) is 5.36. The van der Waals surface area contributed by atoms with Crippen LogP contribution in [-0.4, -0.2) is 23.4 Å². The highest BCUT2D eigenvalue weighted by atomic mass is 16.6. The molecule has 0 aliphatic carbocycles. The number of amides is 1. The third-order valence-corrected chi connectivity index (χ3v) is 3.65. The number of hydrogen-bond donors (Lipinski definition) is 1. The second-order valence-corrected chi connectivity index (χ2v) is 5.46. The molecule has 0 fully saturated rings. The molecule has 2 aromatic carbocycles. The third kappa shape index (κ3) is 4.20. The molecule has 7 nitrogen and oxygen atoms in total. The zero-order chi connectivity index (χ0) is 18.6. The average molecular weight is 342 g/mol. The van der Waals surface area contributed by atoms with Crippen molar-refractivity contribution in [1.82, 2.24) is 0 Å². The van der Waals surface area contributed by atoms with Gasteiger partial charge in [-0.1, -0.05) is 6.07 Å². The number of nitrogens with one attached hydrogen (secondary N) is 1. The number of rotatable bonds is 5. The number of nitro benzene ring substituents is 1. The van der Waals surface area contributed by atoms with E-state index in [0.29, 0.717) is 22.4 Å². The number of benzene rings is 2. The molecule has 0 aliphatic rings. The maximum Gasteiger partial charge on any atom is 0.338 e. The molecular formula is C18H18N2O5. The van der Waals surface area contributed by atoms with Crippen molar-refractivity contribution in [3.05, 3.63) is 68.8 Å². The lowest BCUT2D eigenvalue weighted by atomic mass is 10.1. The first-order chi connectivity index (χ1) is 11.8. The maximum absolute atomic E-state index is 12.3. The van der Waals surface area contributed by atoms with Crippen LogP contribution in [0.1, 0.15) is 38.8 Å². The molecular weight excluding hydrogens is 324 g/mol. The van der Waals surface area contributed by atoms with Crippen LogP contribution in [0.4, 0.5) is 11.4 Å². The summed E-state index contributed by atoms with van der Waals surface area (Å²) in [4.78, 5) is 34.5. The van der Waals surface area contributed by atoms with Gasteiger partial charge >= 0.3 is 5.97 Å². The second kappa shape index (κ2) is 7.57. The molecule has 0 spiro atoms. The molecule has 25 heavy (non-hydrogen) atoms. The fraction of sp³-hybridized carbons (Fsp3) is 0.222. The molecule has 0 unspecified atom stereocenters. The Morgan fingerprint density at radius 3 is 2.36 bits per heavy atom. The van der Waals surface area contributed by atoms with Crippen molar-refractivity contribution in [2.24, 2.45) is 0 Å². The molecule has 0 saturated heterocycles. The van der Waals surface area contributed by atoms with Crippen LogP contribution in [0.25, 0.3) is 0 Å². The summed E-state index contributed by atoms with van der Waals surface area (Å²) in [7, 11) is 0. The van der Waals surface area contributed by atoms with E-state index >= 15 is 0 Å². The van der Waals surface area contributed by atoms with Crippen LogP contribution in [0.3, 0.4) is 0 Å². The van der Waals surface area contributed by atoms with Crippen molar-refractivity contribution in [3.8, 4) is 0 Å². The molecule has 0 radical (unpaired) electrons. The molecule has 0 atom stereocenters. The molecule has 0 aliphatic heterocycles. The number of anilines is 1. The van der Waals surface area contributed by atoms with Crippen molar-refractivity contribution in [1.29, 1.82) is 0 Å². The highest BCUT2D eigenvalue weighted by Gasteiger charge is 2.16. The number of nitro groups is 1.